The molecule has 4 heterocycles. The number of halogens is 1. The Morgan fingerprint density at radius 1 is 1.02 bits per heavy atom. The van der Waals surface area contributed by atoms with E-state index in [0.29, 0.717) is 34.0 Å². The number of nitrogens with zero attached hydrogens (tertiary/aromatic N) is 5. The van der Waals surface area contributed by atoms with E-state index in [1.54, 1.807) is 22.9 Å². The smallest absolute Gasteiger partial charge is 0.268 e. The fraction of sp³-hybridized carbons (Fsp3) is 0.265. The van der Waals surface area contributed by atoms with Gasteiger partial charge in [0.1, 0.15) is 11.5 Å². The molecular formula is C34H31FN6OS. The Kier molecular flexibility index (Phi) is 7.39. The summed E-state index contributed by atoms with van der Waals surface area (Å²) in [5.41, 5.74) is 3.97. The van der Waals surface area contributed by atoms with Gasteiger partial charge in [-0.2, -0.15) is 4.98 Å². The molecule has 0 amide bonds. The first-order valence-corrected chi connectivity index (χ1v) is 15.4. The molecule has 43 heavy (non-hydrogen) atoms. The van der Waals surface area contributed by atoms with Gasteiger partial charge in [0.2, 0.25) is 5.95 Å². The number of fused-ring (bicyclic) bond motifs is 1. The van der Waals surface area contributed by atoms with E-state index in [4.69, 9.17) is 4.98 Å². The summed E-state index contributed by atoms with van der Waals surface area (Å²) in [6, 6.07) is 19.0. The van der Waals surface area contributed by atoms with Crippen LogP contribution in [0.5, 0.6) is 0 Å². The number of nitrogens with one attached hydrogen (secondary N) is 1. The van der Waals surface area contributed by atoms with Crippen LogP contribution in [-0.4, -0.2) is 52.7 Å². The quantitative estimate of drug-likeness (QED) is 0.252. The molecule has 0 bridgehead atoms. The van der Waals surface area contributed by atoms with Crippen molar-refractivity contribution in [3.63, 3.8) is 0 Å². The molecule has 1 saturated carbocycles. The van der Waals surface area contributed by atoms with Crippen LogP contribution in [0.15, 0.2) is 77.0 Å². The first kappa shape index (κ1) is 27.3. The zero-order chi connectivity index (χ0) is 29.3. The highest BCUT2D eigenvalue weighted by Crippen LogP contribution is 2.42. The van der Waals surface area contributed by atoms with Gasteiger partial charge in [0, 0.05) is 54.7 Å². The third-order valence-electron chi connectivity index (χ3n) is 8.15. The molecule has 1 saturated heterocycles. The Balaban J connectivity index is 1.25. The van der Waals surface area contributed by atoms with E-state index in [2.05, 4.69) is 51.1 Å². The number of anilines is 3. The van der Waals surface area contributed by atoms with Crippen LogP contribution in [0.4, 0.5) is 21.7 Å². The molecule has 5 aromatic rings. The Morgan fingerprint density at radius 3 is 2.58 bits per heavy atom. The first-order chi connectivity index (χ1) is 21.0. The fourth-order valence-corrected chi connectivity index (χ4v) is 6.13. The van der Waals surface area contributed by atoms with E-state index in [1.165, 1.54) is 23.1 Å². The number of piperazine rings is 1. The van der Waals surface area contributed by atoms with Crippen LogP contribution >= 0.6 is 11.3 Å². The third-order valence-corrected chi connectivity index (χ3v) is 8.93. The van der Waals surface area contributed by atoms with Crippen molar-refractivity contribution < 1.29 is 4.39 Å². The largest absolute Gasteiger partial charge is 0.369 e. The van der Waals surface area contributed by atoms with E-state index in [0.717, 1.165) is 55.1 Å². The summed E-state index contributed by atoms with van der Waals surface area (Å²) < 4.78 is 16.8. The number of aromatic nitrogens is 3. The molecule has 7 nitrogen and oxygen atoms in total. The lowest BCUT2D eigenvalue weighted by molar-refractivity contribution is 0.313. The van der Waals surface area contributed by atoms with Gasteiger partial charge < -0.3 is 15.1 Å². The average molecular weight is 591 g/mol. The predicted octanol–water partition coefficient (Wildman–Crippen LogP) is 5.81. The number of thiophene rings is 1. The average Bonchev–Trinajstić information content (AvgIpc) is 3.73. The van der Waals surface area contributed by atoms with Crippen LogP contribution in [-0.2, 0) is 6.54 Å². The number of hydrogen-bond acceptors (Lipinski definition) is 7. The van der Waals surface area contributed by atoms with Crippen LogP contribution in [0, 0.1) is 17.7 Å². The second-order valence-corrected chi connectivity index (χ2v) is 12.1. The van der Waals surface area contributed by atoms with E-state index in [-0.39, 0.29) is 17.9 Å². The summed E-state index contributed by atoms with van der Waals surface area (Å²) in [5.74, 6) is 6.51. The van der Waals surface area contributed by atoms with E-state index in [9.17, 15) is 4.79 Å². The lowest BCUT2D eigenvalue weighted by Crippen LogP contribution is -2.44. The molecule has 1 N–H and O–H groups in total. The van der Waals surface area contributed by atoms with Crippen molar-refractivity contribution in [3.8, 4) is 11.8 Å². The monoisotopic (exact) mass is 590 g/mol. The van der Waals surface area contributed by atoms with Gasteiger partial charge in [-0.1, -0.05) is 30.0 Å². The van der Waals surface area contributed by atoms with Gasteiger partial charge in [-0.05, 0) is 79.2 Å². The molecule has 1 aliphatic heterocycles. The Hall–Kier alpha value is -4.52. The van der Waals surface area contributed by atoms with Crippen molar-refractivity contribution >= 4 is 39.7 Å². The van der Waals surface area contributed by atoms with Gasteiger partial charge in [0.05, 0.1) is 17.0 Å². The predicted molar refractivity (Wildman–Crippen MR) is 171 cm³/mol. The molecule has 1 aliphatic carbocycles. The van der Waals surface area contributed by atoms with Gasteiger partial charge in [0.15, 0.2) is 0 Å². The molecule has 7 rings (SSSR count). The maximum atomic E-state index is 15.3. The summed E-state index contributed by atoms with van der Waals surface area (Å²) in [6.07, 6.45) is 3.75. The van der Waals surface area contributed by atoms with Crippen LogP contribution in [0.2, 0.25) is 0 Å². The minimum Gasteiger partial charge on any atom is -0.369 e. The summed E-state index contributed by atoms with van der Waals surface area (Å²) in [7, 11) is 2.15. The molecule has 0 radical (unpaired) electrons. The number of rotatable bonds is 6. The van der Waals surface area contributed by atoms with Crippen molar-refractivity contribution in [3.05, 3.63) is 110 Å². The summed E-state index contributed by atoms with van der Waals surface area (Å²) in [4.78, 5) is 28.8. The van der Waals surface area contributed by atoms with Crippen molar-refractivity contribution in [2.24, 2.45) is 0 Å². The standard InChI is InChI=1S/C34H31FN6OS/c1-39-15-17-40(18-16-39)27-12-10-26(11-13-27)37-34-36-21-25-20-24(9-14-28-4-3-19-43-28)33(42)41(32(25)38-34)22-30-29(23-7-8-23)5-2-6-31(30)35/h2-6,10-13,19-21,23H,7-8,15-18,22H2,1H3,(H,36,37,38). The van der Waals surface area contributed by atoms with Crippen LogP contribution in [0.1, 0.15) is 40.3 Å². The number of benzene rings is 2. The summed E-state index contributed by atoms with van der Waals surface area (Å²) in [6.45, 7) is 4.15. The second kappa shape index (κ2) is 11.6. The Labute approximate surface area is 253 Å². The van der Waals surface area contributed by atoms with E-state index >= 15 is 4.39 Å². The normalized spacial score (nSPS) is 15.3. The van der Waals surface area contributed by atoms with Crippen LogP contribution < -0.4 is 15.8 Å². The zero-order valence-electron chi connectivity index (χ0n) is 23.9. The molecule has 216 valence electrons. The highest BCUT2D eigenvalue weighted by Gasteiger charge is 2.28. The van der Waals surface area contributed by atoms with E-state index in [1.807, 2.05) is 35.7 Å². The zero-order valence-corrected chi connectivity index (χ0v) is 24.7. The van der Waals surface area contributed by atoms with Gasteiger partial charge in [-0.25, -0.2) is 9.37 Å². The first-order valence-electron chi connectivity index (χ1n) is 14.6. The molecule has 0 spiro atoms. The molecule has 9 heteroatoms. The summed E-state index contributed by atoms with van der Waals surface area (Å²) in [5, 5.41) is 5.90. The van der Waals surface area contributed by atoms with Crippen LogP contribution in [0.3, 0.4) is 0 Å². The van der Waals surface area contributed by atoms with Gasteiger partial charge in [-0.15, -0.1) is 11.3 Å². The SMILES string of the molecule is CN1CCN(c2ccc(Nc3ncc4cc(C#Cc5cccs5)c(=O)n(Cc5c(F)cccc5C5CC5)c4n3)cc2)CC1. The molecule has 2 aromatic carbocycles. The van der Waals surface area contributed by atoms with Crippen molar-refractivity contribution in [2.45, 2.75) is 25.3 Å². The minimum absolute atomic E-state index is 0.0680. The number of pyridine rings is 1. The maximum Gasteiger partial charge on any atom is 0.268 e. The third kappa shape index (κ3) is 5.89. The Morgan fingerprint density at radius 2 is 1.84 bits per heavy atom. The van der Waals surface area contributed by atoms with Crippen LogP contribution in [0.25, 0.3) is 11.0 Å². The lowest BCUT2D eigenvalue weighted by atomic mass is 10.0. The minimum atomic E-state index is -0.313. The van der Waals surface area contributed by atoms with Gasteiger partial charge in [-0.3, -0.25) is 9.36 Å². The summed E-state index contributed by atoms with van der Waals surface area (Å²) >= 11 is 1.51. The maximum absolute atomic E-state index is 15.3. The highest BCUT2D eigenvalue weighted by molar-refractivity contribution is 7.10. The van der Waals surface area contributed by atoms with Crippen molar-refractivity contribution in [2.75, 3.05) is 43.4 Å². The fourth-order valence-electron chi connectivity index (χ4n) is 5.56. The molecule has 2 fully saturated rings. The van der Waals surface area contributed by atoms with Crippen molar-refractivity contribution in [1.82, 2.24) is 19.4 Å². The highest BCUT2D eigenvalue weighted by atomic mass is 32.1. The second-order valence-electron chi connectivity index (χ2n) is 11.2. The molecular weight excluding hydrogens is 559 g/mol. The number of hydrogen-bond donors (Lipinski definition) is 1. The molecule has 2 aliphatic rings. The van der Waals surface area contributed by atoms with Gasteiger partial charge in [0.25, 0.3) is 5.56 Å². The molecule has 0 atom stereocenters. The Bertz CT molecular complexity index is 1900. The van der Waals surface area contributed by atoms with Crippen molar-refractivity contribution in [1.29, 1.82) is 0 Å². The topological polar surface area (TPSA) is 66.3 Å². The molecule has 3 aromatic heterocycles. The molecule has 0 unspecified atom stereocenters. The van der Waals surface area contributed by atoms with E-state index < -0.39 is 0 Å². The van der Waals surface area contributed by atoms with Gasteiger partial charge >= 0.3 is 0 Å². The lowest BCUT2D eigenvalue weighted by Gasteiger charge is -2.34. The number of likely N-dealkylation sites (N-methyl/N-ethyl adjacent to an activating group) is 1.